The molecular formula is C26H50O4Si. The zero-order valence-electron chi connectivity index (χ0n) is 21.7. The molecule has 0 heterocycles. The van der Waals surface area contributed by atoms with E-state index in [2.05, 4.69) is 47.7 Å². The van der Waals surface area contributed by atoms with Crippen LogP contribution >= 0.6 is 0 Å². The first-order valence-electron chi connectivity index (χ1n) is 13.1. The van der Waals surface area contributed by atoms with Crippen LogP contribution in [-0.2, 0) is 13.9 Å². The van der Waals surface area contributed by atoms with Crippen LogP contribution in [0.2, 0.25) is 18.1 Å². The Morgan fingerprint density at radius 3 is 2.06 bits per heavy atom. The third kappa shape index (κ3) is 4.82. The summed E-state index contributed by atoms with van der Waals surface area (Å²) < 4.78 is 19.1. The van der Waals surface area contributed by atoms with Crippen LogP contribution in [0.1, 0.15) is 74.1 Å². The second-order valence-electron chi connectivity index (χ2n) is 12.2. The molecule has 31 heavy (non-hydrogen) atoms. The van der Waals surface area contributed by atoms with Crippen molar-refractivity contribution in [2.24, 2.45) is 41.4 Å². The quantitative estimate of drug-likeness (QED) is 0.356. The number of fused-ring (bicyclic) bond motifs is 3. The van der Waals surface area contributed by atoms with Gasteiger partial charge in [-0.25, -0.2) is 0 Å². The Kier molecular flexibility index (Phi) is 8.06. The molecule has 0 spiro atoms. The number of hydrogen-bond donors (Lipinski definition) is 1. The maximum Gasteiger partial charge on any atom is 0.192 e. The summed E-state index contributed by atoms with van der Waals surface area (Å²) in [6.45, 7) is 21.9. The van der Waals surface area contributed by atoms with Crippen molar-refractivity contribution in [2.75, 3.05) is 13.2 Å². The van der Waals surface area contributed by atoms with Crippen LogP contribution < -0.4 is 0 Å². The molecule has 3 aliphatic rings. The molecular weight excluding hydrogens is 404 g/mol. The molecule has 0 saturated heterocycles. The van der Waals surface area contributed by atoms with Gasteiger partial charge in [-0.1, -0.05) is 41.0 Å². The van der Waals surface area contributed by atoms with E-state index >= 15 is 0 Å². The van der Waals surface area contributed by atoms with Gasteiger partial charge >= 0.3 is 0 Å². The molecule has 0 amide bonds. The first kappa shape index (κ1) is 25.7. The van der Waals surface area contributed by atoms with Crippen LogP contribution in [0, 0.1) is 41.4 Å². The van der Waals surface area contributed by atoms with Crippen molar-refractivity contribution < 1.29 is 19.0 Å². The van der Waals surface area contributed by atoms with Gasteiger partial charge in [0.1, 0.15) is 0 Å². The lowest BCUT2D eigenvalue weighted by molar-refractivity contribution is -0.183. The molecule has 3 saturated carbocycles. The lowest BCUT2D eigenvalue weighted by atomic mass is 9.65. The molecule has 0 unspecified atom stereocenters. The van der Waals surface area contributed by atoms with Gasteiger partial charge in [0.25, 0.3) is 0 Å². The van der Waals surface area contributed by atoms with E-state index < -0.39 is 8.32 Å². The fourth-order valence-electron chi connectivity index (χ4n) is 7.15. The summed E-state index contributed by atoms with van der Waals surface area (Å²) in [6.07, 6.45) is 4.22. The standard InChI is InChI=1S/C26H50O4Si/c1-10-17-16(4)13-19-18-14-21(25(28-11-2)29-12-3)24(27)20(18)15-22(23(17)19)30-31(8,9)26(5,6)7/h16-25,27H,10-15H2,1-9H3/t16-,17-,18-,19-,20+,21+,22-,23+,24+/m1/s1. The highest BCUT2D eigenvalue weighted by Gasteiger charge is 2.60. The summed E-state index contributed by atoms with van der Waals surface area (Å²) in [5.74, 6) is 3.76. The predicted octanol–water partition coefficient (Wildman–Crippen LogP) is 6.09. The lowest BCUT2D eigenvalue weighted by Crippen LogP contribution is -2.51. The zero-order valence-corrected chi connectivity index (χ0v) is 22.7. The van der Waals surface area contributed by atoms with E-state index in [1.54, 1.807) is 0 Å². The van der Waals surface area contributed by atoms with Crippen molar-refractivity contribution in [3.05, 3.63) is 0 Å². The van der Waals surface area contributed by atoms with E-state index in [1.165, 1.54) is 12.8 Å². The van der Waals surface area contributed by atoms with E-state index in [4.69, 9.17) is 13.9 Å². The molecule has 5 heteroatoms. The van der Waals surface area contributed by atoms with Gasteiger partial charge in [-0.3, -0.25) is 0 Å². The third-order valence-electron chi connectivity index (χ3n) is 9.55. The van der Waals surface area contributed by atoms with Crippen molar-refractivity contribution in [2.45, 2.75) is 111 Å². The minimum absolute atomic E-state index is 0.0816. The predicted molar refractivity (Wildman–Crippen MR) is 129 cm³/mol. The van der Waals surface area contributed by atoms with Crippen LogP contribution in [0.4, 0.5) is 0 Å². The van der Waals surface area contributed by atoms with Gasteiger partial charge in [-0.2, -0.15) is 0 Å². The number of hydrogen-bond acceptors (Lipinski definition) is 4. The minimum Gasteiger partial charge on any atom is -0.414 e. The van der Waals surface area contributed by atoms with Crippen LogP contribution in [0.5, 0.6) is 0 Å². The largest absolute Gasteiger partial charge is 0.414 e. The van der Waals surface area contributed by atoms with Gasteiger partial charge in [0.2, 0.25) is 0 Å². The molecule has 3 rings (SSSR count). The lowest BCUT2D eigenvalue weighted by Gasteiger charge is -2.49. The summed E-state index contributed by atoms with van der Waals surface area (Å²) >= 11 is 0. The van der Waals surface area contributed by atoms with E-state index in [1.807, 2.05) is 13.8 Å². The number of rotatable bonds is 8. The first-order chi connectivity index (χ1) is 14.5. The molecule has 0 aromatic heterocycles. The summed E-state index contributed by atoms with van der Waals surface area (Å²) in [7, 11) is -1.88. The molecule has 0 radical (unpaired) electrons. The highest BCUT2D eigenvalue weighted by Crippen LogP contribution is 2.61. The Hall–Kier alpha value is 0.0569. The maximum absolute atomic E-state index is 11.5. The Morgan fingerprint density at radius 1 is 0.935 bits per heavy atom. The van der Waals surface area contributed by atoms with Crippen molar-refractivity contribution in [1.29, 1.82) is 0 Å². The second-order valence-corrected chi connectivity index (χ2v) is 16.9. The van der Waals surface area contributed by atoms with E-state index in [0.29, 0.717) is 36.9 Å². The molecule has 9 atom stereocenters. The topological polar surface area (TPSA) is 47.9 Å². The Balaban J connectivity index is 1.89. The monoisotopic (exact) mass is 454 g/mol. The van der Waals surface area contributed by atoms with Crippen LogP contribution in [-0.4, -0.2) is 45.1 Å². The summed E-state index contributed by atoms with van der Waals surface area (Å²) in [4.78, 5) is 0. The van der Waals surface area contributed by atoms with Crippen molar-refractivity contribution in [1.82, 2.24) is 0 Å². The summed E-state index contributed by atoms with van der Waals surface area (Å²) in [5, 5.41) is 11.7. The fraction of sp³-hybridized carbons (Fsp3) is 1.00. The smallest absolute Gasteiger partial charge is 0.192 e. The minimum atomic E-state index is -1.88. The third-order valence-corrected chi connectivity index (χ3v) is 14.1. The highest BCUT2D eigenvalue weighted by molar-refractivity contribution is 6.74. The molecule has 0 bridgehead atoms. The van der Waals surface area contributed by atoms with Gasteiger partial charge in [0, 0.05) is 25.2 Å². The highest BCUT2D eigenvalue weighted by atomic mass is 28.4. The number of aliphatic hydroxyl groups excluding tert-OH is 1. The molecule has 0 aromatic carbocycles. The van der Waals surface area contributed by atoms with Crippen molar-refractivity contribution >= 4 is 8.32 Å². The SMILES string of the molecule is CCOC(OCC)[C@H]1C[C@H]2[C@H](C[C@@H](O[Si](C)(C)C(C)(C)C)[C@@H]3[C@@H]2C[C@@H](C)[C@H]3CC)[C@@H]1O. The molecule has 3 aliphatic carbocycles. The van der Waals surface area contributed by atoms with Gasteiger partial charge < -0.3 is 19.0 Å². The van der Waals surface area contributed by atoms with E-state index in [0.717, 1.165) is 24.7 Å². The number of aliphatic hydroxyl groups is 1. The molecule has 1 N–H and O–H groups in total. The molecule has 182 valence electrons. The molecule has 0 aromatic rings. The van der Waals surface area contributed by atoms with E-state index in [-0.39, 0.29) is 29.5 Å². The second kappa shape index (κ2) is 9.73. The Bertz CT molecular complexity index is 582. The normalized spacial score (nSPS) is 40.9. The van der Waals surface area contributed by atoms with Gasteiger partial charge in [0.05, 0.1) is 6.10 Å². The van der Waals surface area contributed by atoms with Crippen LogP contribution in [0.3, 0.4) is 0 Å². The van der Waals surface area contributed by atoms with Crippen LogP contribution in [0.15, 0.2) is 0 Å². The molecule has 0 aliphatic heterocycles. The summed E-state index contributed by atoms with van der Waals surface area (Å²) in [6, 6.07) is 0. The van der Waals surface area contributed by atoms with E-state index in [9.17, 15) is 5.11 Å². The molecule has 4 nitrogen and oxygen atoms in total. The first-order valence-corrected chi connectivity index (χ1v) is 16.0. The average molecular weight is 455 g/mol. The van der Waals surface area contributed by atoms with Gasteiger partial charge in [0.15, 0.2) is 14.6 Å². The van der Waals surface area contributed by atoms with Crippen molar-refractivity contribution in [3.8, 4) is 0 Å². The zero-order chi connectivity index (χ0) is 23.1. The molecule has 3 fully saturated rings. The fourth-order valence-corrected chi connectivity index (χ4v) is 8.52. The Labute approximate surface area is 192 Å². The maximum atomic E-state index is 11.5. The van der Waals surface area contributed by atoms with Gasteiger partial charge in [-0.15, -0.1) is 0 Å². The van der Waals surface area contributed by atoms with Crippen molar-refractivity contribution in [3.63, 3.8) is 0 Å². The summed E-state index contributed by atoms with van der Waals surface area (Å²) in [5.41, 5.74) is 0. The Morgan fingerprint density at radius 2 is 1.55 bits per heavy atom. The van der Waals surface area contributed by atoms with Crippen LogP contribution in [0.25, 0.3) is 0 Å². The number of ether oxygens (including phenoxy) is 2. The average Bonchev–Trinajstić information content (AvgIpc) is 3.17. The van der Waals surface area contributed by atoms with Gasteiger partial charge in [-0.05, 0) is 86.7 Å².